The quantitative estimate of drug-likeness (QED) is 0.880. The molecule has 0 aliphatic carbocycles. The molecule has 0 fully saturated rings. The van der Waals surface area contributed by atoms with E-state index in [0.29, 0.717) is 13.2 Å². The highest BCUT2D eigenvalue weighted by molar-refractivity contribution is 5.43. The molecule has 0 amide bonds. The van der Waals surface area contributed by atoms with Gasteiger partial charge in [0.05, 0.1) is 6.61 Å². The van der Waals surface area contributed by atoms with Crippen LogP contribution in [0.1, 0.15) is 19.4 Å². The molecule has 0 aromatic heterocycles. The molecule has 0 unspecified atom stereocenters. The van der Waals surface area contributed by atoms with Gasteiger partial charge >= 0.3 is 0 Å². The van der Waals surface area contributed by atoms with Crippen molar-refractivity contribution >= 4 is 0 Å². The molecule has 1 aliphatic rings. The highest BCUT2D eigenvalue weighted by Crippen LogP contribution is 2.30. The Bertz CT molecular complexity index is 431. The molecular formula is C15H23NO3. The van der Waals surface area contributed by atoms with Gasteiger partial charge in [-0.15, -0.1) is 0 Å². The van der Waals surface area contributed by atoms with Crippen molar-refractivity contribution in [1.82, 2.24) is 4.90 Å². The van der Waals surface area contributed by atoms with E-state index in [-0.39, 0.29) is 12.1 Å². The number of ether oxygens (including phenoxy) is 2. The lowest BCUT2D eigenvalue weighted by Crippen LogP contribution is -2.45. The van der Waals surface area contributed by atoms with Crippen LogP contribution in [-0.4, -0.2) is 49.0 Å². The summed E-state index contributed by atoms with van der Waals surface area (Å²) < 4.78 is 11.1. The summed E-state index contributed by atoms with van der Waals surface area (Å²) in [5, 5.41) is 9.34. The Morgan fingerprint density at radius 3 is 2.58 bits per heavy atom. The van der Waals surface area contributed by atoms with Gasteiger partial charge < -0.3 is 14.6 Å². The van der Waals surface area contributed by atoms with E-state index in [1.54, 1.807) is 0 Å². The summed E-state index contributed by atoms with van der Waals surface area (Å²) in [6.07, 6.45) is 0.927. The van der Waals surface area contributed by atoms with E-state index < -0.39 is 0 Å². The van der Waals surface area contributed by atoms with Crippen LogP contribution in [0.15, 0.2) is 18.2 Å². The molecule has 1 aliphatic heterocycles. The number of hydrogen-bond donors (Lipinski definition) is 1. The first-order valence-electron chi connectivity index (χ1n) is 6.73. The van der Waals surface area contributed by atoms with Gasteiger partial charge in [-0.1, -0.05) is 6.07 Å². The lowest BCUT2D eigenvalue weighted by atomic mass is 10.0. The molecule has 1 N–H and O–H groups in total. The summed E-state index contributed by atoms with van der Waals surface area (Å²) in [5.41, 5.74) is 1.04. The van der Waals surface area contributed by atoms with Crippen molar-refractivity contribution < 1.29 is 14.6 Å². The maximum absolute atomic E-state index is 9.34. The molecular weight excluding hydrogens is 242 g/mol. The lowest BCUT2D eigenvalue weighted by Gasteiger charge is -2.33. The predicted molar refractivity (Wildman–Crippen MR) is 74.9 cm³/mol. The fourth-order valence-electron chi connectivity index (χ4n) is 1.96. The fourth-order valence-corrected chi connectivity index (χ4v) is 1.96. The minimum atomic E-state index is -0.187. The van der Waals surface area contributed by atoms with Crippen molar-refractivity contribution in [2.45, 2.75) is 25.8 Å². The third-order valence-electron chi connectivity index (χ3n) is 3.76. The van der Waals surface area contributed by atoms with E-state index in [1.807, 2.05) is 33.0 Å². The Balaban J connectivity index is 1.96. The Kier molecular flexibility index (Phi) is 4.32. The second-order valence-corrected chi connectivity index (χ2v) is 5.62. The monoisotopic (exact) mass is 265 g/mol. The van der Waals surface area contributed by atoms with E-state index in [1.165, 1.54) is 5.56 Å². The van der Waals surface area contributed by atoms with Crippen molar-refractivity contribution in [3.63, 3.8) is 0 Å². The summed E-state index contributed by atoms with van der Waals surface area (Å²) in [5.74, 6) is 1.67. The van der Waals surface area contributed by atoms with Crippen molar-refractivity contribution in [3.05, 3.63) is 23.8 Å². The van der Waals surface area contributed by atoms with Gasteiger partial charge in [0.25, 0.3) is 0 Å². The average molecular weight is 265 g/mol. The number of hydrogen-bond acceptors (Lipinski definition) is 4. The Hall–Kier alpha value is -1.26. The molecule has 0 atom stereocenters. The van der Waals surface area contributed by atoms with Crippen LogP contribution in [0.4, 0.5) is 0 Å². The standard InChI is InChI=1S/C15H23NO3/c1-15(2,11-17)16(3)7-6-12-4-5-13-14(10-12)19-9-8-18-13/h4-5,10,17H,6-9,11H2,1-3H3. The van der Waals surface area contributed by atoms with E-state index in [4.69, 9.17) is 9.47 Å². The summed E-state index contributed by atoms with van der Waals surface area (Å²) >= 11 is 0. The molecule has 0 spiro atoms. The maximum atomic E-state index is 9.34. The molecule has 0 saturated heterocycles. The minimum Gasteiger partial charge on any atom is -0.486 e. The van der Waals surface area contributed by atoms with Crippen LogP contribution < -0.4 is 9.47 Å². The van der Waals surface area contributed by atoms with Crippen LogP contribution in [0, 0.1) is 0 Å². The summed E-state index contributed by atoms with van der Waals surface area (Å²) in [7, 11) is 2.04. The van der Waals surface area contributed by atoms with Crippen LogP contribution in [-0.2, 0) is 6.42 Å². The largest absolute Gasteiger partial charge is 0.486 e. The molecule has 4 nitrogen and oxygen atoms in total. The Labute approximate surface area is 114 Å². The molecule has 0 radical (unpaired) electrons. The zero-order valence-corrected chi connectivity index (χ0v) is 12.0. The van der Waals surface area contributed by atoms with Crippen LogP contribution in [0.3, 0.4) is 0 Å². The van der Waals surface area contributed by atoms with Gasteiger partial charge in [-0.3, -0.25) is 4.90 Å². The first-order chi connectivity index (χ1) is 9.03. The number of rotatable bonds is 5. The molecule has 1 aromatic rings. The first kappa shape index (κ1) is 14.2. The van der Waals surface area contributed by atoms with E-state index in [9.17, 15) is 5.11 Å². The zero-order valence-electron chi connectivity index (χ0n) is 12.0. The number of aliphatic hydroxyl groups excluding tert-OH is 1. The number of aliphatic hydroxyl groups is 1. The van der Waals surface area contributed by atoms with Gasteiger partial charge in [-0.05, 0) is 45.0 Å². The van der Waals surface area contributed by atoms with Crippen LogP contribution >= 0.6 is 0 Å². The SMILES string of the molecule is CN(CCc1ccc2c(c1)OCCO2)C(C)(C)CO. The lowest BCUT2D eigenvalue weighted by molar-refractivity contribution is 0.0800. The van der Waals surface area contributed by atoms with Crippen LogP contribution in [0.25, 0.3) is 0 Å². The van der Waals surface area contributed by atoms with Gasteiger partial charge in [0, 0.05) is 12.1 Å². The fraction of sp³-hybridized carbons (Fsp3) is 0.600. The van der Waals surface area contributed by atoms with Gasteiger partial charge in [-0.25, -0.2) is 0 Å². The minimum absolute atomic E-state index is 0.157. The highest BCUT2D eigenvalue weighted by atomic mass is 16.6. The number of nitrogens with zero attached hydrogens (tertiary/aromatic N) is 1. The Morgan fingerprint density at radius 1 is 1.21 bits per heavy atom. The Morgan fingerprint density at radius 2 is 1.89 bits per heavy atom. The number of fused-ring (bicyclic) bond motifs is 1. The van der Waals surface area contributed by atoms with Crippen molar-refractivity contribution in [2.75, 3.05) is 33.4 Å². The van der Waals surface area contributed by atoms with Crippen LogP contribution in [0.2, 0.25) is 0 Å². The first-order valence-corrected chi connectivity index (χ1v) is 6.73. The number of likely N-dealkylation sites (N-methyl/N-ethyl adjacent to an activating group) is 1. The molecule has 1 aromatic carbocycles. The molecule has 2 rings (SSSR count). The molecule has 0 bridgehead atoms. The van der Waals surface area contributed by atoms with Crippen molar-refractivity contribution in [3.8, 4) is 11.5 Å². The molecule has 4 heteroatoms. The van der Waals surface area contributed by atoms with E-state index in [0.717, 1.165) is 24.5 Å². The van der Waals surface area contributed by atoms with E-state index in [2.05, 4.69) is 11.0 Å². The second kappa shape index (κ2) is 5.80. The molecule has 1 heterocycles. The molecule has 0 saturated carbocycles. The van der Waals surface area contributed by atoms with Crippen molar-refractivity contribution in [1.29, 1.82) is 0 Å². The zero-order chi connectivity index (χ0) is 13.9. The van der Waals surface area contributed by atoms with Gasteiger partial charge in [-0.2, -0.15) is 0 Å². The van der Waals surface area contributed by atoms with Gasteiger partial charge in [0.1, 0.15) is 13.2 Å². The number of benzene rings is 1. The van der Waals surface area contributed by atoms with Gasteiger partial charge in [0.15, 0.2) is 11.5 Å². The third kappa shape index (κ3) is 3.39. The second-order valence-electron chi connectivity index (χ2n) is 5.62. The van der Waals surface area contributed by atoms with E-state index >= 15 is 0 Å². The van der Waals surface area contributed by atoms with Gasteiger partial charge in [0.2, 0.25) is 0 Å². The topological polar surface area (TPSA) is 41.9 Å². The molecule has 19 heavy (non-hydrogen) atoms. The summed E-state index contributed by atoms with van der Waals surface area (Å²) in [6, 6.07) is 6.10. The maximum Gasteiger partial charge on any atom is 0.161 e. The summed E-state index contributed by atoms with van der Waals surface area (Å²) in [6.45, 7) is 6.37. The van der Waals surface area contributed by atoms with Crippen LogP contribution in [0.5, 0.6) is 11.5 Å². The molecule has 106 valence electrons. The average Bonchev–Trinajstić information content (AvgIpc) is 2.44. The summed E-state index contributed by atoms with van der Waals surface area (Å²) in [4.78, 5) is 2.17. The third-order valence-corrected chi connectivity index (χ3v) is 3.76. The normalized spacial score (nSPS) is 14.8. The smallest absolute Gasteiger partial charge is 0.161 e. The predicted octanol–water partition coefficient (Wildman–Crippen LogP) is 1.70. The van der Waals surface area contributed by atoms with Crippen molar-refractivity contribution in [2.24, 2.45) is 0 Å². The highest BCUT2D eigenvalue weighted by Gasteiger charge is 2.22.